The number of rotatable bonds is 6. The van der Waals surface area contributed by atoms with Crippen LogP contribution in [0.1, 0.15) is 53.8 Å². The van der Waals surface area contributed by atoms with E-state index in [4.69, 9.17) is 9.26 Å². The summed E-state index contributed by atoms with van der Waals surface area (Å²) in [5.74, 6) is 0.441. The number of ether oxygens (including phenoxy) is 1. The van der Waals surface area contributed by atoms with Crippen LogP contribution in [-0.4, -0.2) is 40.3 Å². The maximum atomic E-state index is 13.8. The molecule has 1 N–H and O–H groups in total. The lowest BCUT2D eigenvalue weighted by atomic mass is 9.91. The molecular weight excluding hydrogens is 423 g/mol. The topological polar surface area (TPSA) is 71.6 Å². The molecule has 0 amide bonds. The quantitative estimate of drug-likeness (QED) is 0.589. The number of hydrogen-bond donors (Lipinski definition) is 1. The lowest BCUT2D eigenvalue weighted by Gasteiger charge is -2.32. The number of halogens is 3. The summed E-state index contributed by atoms with van der Waals surface area (Å²) < 4.78 is 52.0. The van der Waals surface area contributed by atoms with Gasteiger partial charge in [0.05, 0.1) is 30.4 Å². The molecule has 1 aliphatic rings. The monoisotopic (exact) mass is 449 g/mol. The zero-order valence-corrected chi connectivity index (χ0v) is 18.1. The molecule has 2 aromatic heterocycles. The number of aromatic nitrogens is 2. The second kappa shape index (κ2) is 9.07. The summed E-state index contributed by atoms with van der Waals surface area (Å²) in [6.07, 6.45) is -2.56. The molecule has 0 unspecified atom stereocenters. The summed E-state index contributed by atoms with van der Waals surface area (Å²) in [4.78, 5) is 6.42. The molecule has 172 valence electrons. The minimum atomic E-state index is -4.51. The smallest absolute Gasteiger partial charge is 0.417 e. The van der Waals surface area contributed by atoms with Gasteiger partial charge in [0.15, 0.2) is 0 Å². The zero-order chi connectivity index (χ0) is 22.9. The van der Waals surface area contributed by atoms with Crippen molar-refractivity contribution in [2.24, 2.45) is 0 Å². The third-order valence-corrected chi connectivity index (χ3v) is 6.01. The van der Waals surface area contributed by atoms with Gasteiger partial charge >= 0.3 is 6.18 Å². The first-order chi connectivity index (χ1) is 15.3. The van der Waals surface area contributed by atoms with Gasteiger partial charge in [0.25, 0.3) is 5.71 Å². The van der Waals surface area contributed by atoms with Crippen molar-refractivity contribution in [2.75, 3.05) is 20.2 Å². The van der Waals surface area contributed by atoms with Crippen molar-refractivity contribution >= 4 is 11.1 Å². The van der Waals surface area contributed by atoms with E-state index < -0.39 is 11.7 Å². The molecule has 9 heteroatoms. The number of likely N-dealkylation sites (tertiary alicyclic amines) is 1. The van der Waals surface area contributed by atoms with Crippen LogP contribution >= 0.6 is 0 Å². The highest BCUT2D eigenvalue weighted by Crippen LogP contribution is 2.40. The fourth-order valence-electron chi connectivity index (χ4n) is 4.44. The Morgan fingerprint density at radius 1 is 1.28 bits per heavy atom. The van der Waals surface area contributed by atoms with E-state index in [1.54, 1.807) is 14.0 Å². The van der Waals surface area contributed by atoms with E-state index in [0.29, 0.717) is 42.2 Å². The van der Waals surface area contributed by atoms with E-state index >= 15 is 0 Å². The molecule has 0 spiro atoms. The minimum absolute atomic E-state index is 0.0198. The van der Waals surface area contributed by atoms with Gasteiger partial charge in [-0.05, 0) is 49.6 Å². The standard InChI is InChI=1S/C23H26F3N3O3/c1-3-17-10-18(23(24,25)26)20-21(28-32-22(20)27-17)15-5-4-8-29(12-15)11-14-6-7-19(31-2)16(9-14)13-30/h6-7,9-10,15,30H,3-5,8,11-13H2,1-2H3/t15-/m0/s1. The summed E-state index contributed by atoms with van der Waals surface area (Å²) in [5, 5.41) is 13.6. The largest absolute Gasteiger partial charge is 0.496 e. The molecule has 1 saturated heterocycles. The molecule has 1 fully saturated rings. The number of aliphatic hydroxyl groups is 1. The average molecular weight is 449 g/mol. The SMILES string of the molecule is CCc1cc(C(F)(F)F)c2c([C@H]3CCCN(Cc4ccc(OC)c(CO)c4)C3)noc2n1. The maximum absolute atomic E-state index is 13.8. The number of piperidine rings is 1. The van der Waals surface area contributed by atoms with Gasteiger partial charge < -0.3 is 14.4 Å². The first-order valence-electron chi connectivity index (χ1n) is 10.7. The van der Waals surface area contributed by atoms with Gasteiger partial charge in [0, 0.05) is 30.3 Å². The maximum Gasteiger partial charge on any atom is 0.417 e. The van der Waals surface area contributed by atoms with E-state index in [2.05, 4.69) is 15.0 Å². The van der Waals surface area contributed by atoms with Gasteiger partial charge in [0.1, 0.15) is 5.75 Å². The highest BCUT2D eigenvalue weighted by Gasteiger charge is 2.38. The number of aryl methyl sites for hydroxylation is 1. The molecule has 0 saturated carbocycles. The molecule has 32 heavy (non-hydrogen) atoms. The number of hydrogen-bond acceptors (Lipinski definition) is 6. The fourth-order valence-corrected chi connectivity index (χ4v) is 4.44. The lowest BCUT2D eigenvalue weighted by Crippen LogP contribution is -2.34. The third-order valence-electron chi connectivity index (χ3n) is 6.01. The van der Waals surface area contributed by atoms with Crippen LogP contribution in [0.4, 0.5) is 13.2 Å². The molecule has 3 aromatic rings. The summed E-state index contributed by atoms with van der Waals surface area (Å²) in [5.41, 5.74) is 1.59. The Hall–Kier alpha value is -2.65. The van der Waals surface area contributed by atoms with Crippen LogP contribution in [0.25, 0.3) is 11.1 Å². The van der Waals surface area contributed by atoms with Crippen molar-refractivity contribution in [3.63, 3.8) is 0 Å². The number of aliphatic hydroxyl groups excluding tert-OH is 1. The molecule has 1 aliphatic heterocycles. The zero-order valence-electron chi connectivity index (χ0n) is 18.1. The fraction of sp³-hybridized carbons (Fsp3) is 0.478. The van der Waals surface area contributed by atoms with E-state index in [9.17, 15) is 18.3 Å². The van der Waals surface area contributed by atoms with Crippen molar-refractivity contribution in [2.45, 2.75) is 51.4 Å². The number of nitrogens with zero attached hydrogens (tertiary/aromatic N) is 3. The normalized spacial score (nSPS) is 17.8. The second-order valence-corrected chi connectivity index (χ2v) is 8.14. The molecule has 6 nitrogen and oxygen atoms in total. The molecule has 1 atom stereocenters. The number of pyridine rings is 1. The molecule has 0 bridgehead atoms. The summed E-state index contributed by atoms with van der Waals surface area (Å²) in [7, 11) is 1.55. The van der Waals surface area contributed by atoms with Crippen LogP contribution < -0.4 is 4.74 Å². The first-order valence-corrected chi connectivity index (χ1v) is 10.7. The van der Waals surface area contributed by atoms with E-state index in [1.807, 2.05) is 18.2 Å². The highest BCUT2D eigenvalue weighted by atomic mass is 19.4. The van der Waals surface area contributed by atoms with Gasteiger partial charge in [0.2, 0.25) is 0 Å². The van der Waals surface area contributed by atoms with E-state index in [-0.39, 0.29) is 23.6 Å². The van der Waals surface area contributed by atoms with E-state index in [0.717, 1.165) is 31.0 Å². The van der Waals surface area contributed by atoms with E-state index in [1.165, 1.54) is 0 Å². The van der Waals surface area contributed by atoms with Gasteiger partial charge in [-0.25, -0.2) is 4.98 Å². The Bertz CT molecular complexity index is 1100. The molecule has 0 aliphatic carbocycles. The first kappa shape index (κ1) is 22.5. The molecule has 4 rings (SSSR count). The second-order valence-electron chi connectivity index (χ2n) is 8.14. The van der Waals surface area contributed by atoms with Crippen LogP contribution in [-0.2, 0) is 25.7 Å². The Morgan fingerprint density at radius 3 is 2.78 bits per heavy atom. The molecular formula is C23H26F3N3O3. The van der Waals surface area contributed by atoms with Crippen molar-refractivity contribution in [1.29, 1.82) is 0 Å². The summed E-state index contributed by atoms with van der Waals surface area (Å²) in [6.45, 7) is 3.64. The predicted octanol–water partition coefficient (Wildman–Crippen LogP) is 4.68. The number of methoxy groups -OCH3 is 1. The predicted molar refractivity (Wildman–Crippen MR) is 112 cm³/mol. The van der Waals surface area contributed by atoms with Crippen molar-refractivity contribution in [3.05, 3.63) is 52.3 Å². The average Bonchev–Trinajstić information content (AvgIpc) is 3.21. The Labute approximate surface area is 184 Å². The Balaban J connectivity index is 1.61. The van der Waals surface area contributed by atoms with Crippen LogP contribution in [0.2, 0.25) is 0 Å². The van der Waals surface area contributed by atoms with Gasteiger partial charge in [-0.3, -0.25) is 4.90 Å². The molecule has 1 aromatic carbocycles. The third kappa shape index (κ3) is 4.45. The Morgan fingerprint density at radius 2 is 2.09 bits per heavy atom. The Kier molecular flexibility index (Phi) is 6.39. The number of benzene rings is 1. The van der Waals surface area contributed by atoms with Crippen LogP contribution in [0.5, 0.6) is 5.75 Å². The van der Waals surface area contributed by atoms with Crippen LogP contribution in [0, 0.1) is 0 Å². The highest BCUT2D eigenvalue weighted by molar-refractivity contribution is 5.81. The molecule has 0 radical (unpaired) electrons. The van der Waals surface area contributed by atoms with Crippen molar-refractivity contribution < 1.29 is 27.5 Å². The summed E-state index contributed by atoms with van der Waals surface area (Å²) >= 11 is 0. The van der Waals surface area contributed by atoms with Gasteiger partial charge in [-0.2, -0.15) is 13.2 Å². The van der Waals surface area contributed by atoms with Gasteiger partial charge in [-0.1, -0.05) is 18.1 Å². The summed E-state index contributed by atoms with van der Waals surface area (Å²) in [6, 6.07) is 6.76. The van der Waals surface area contributed by atoms with Crippen molar-refractivity contribution in [1.82, 2.24) is 15.0 Å². The number of alkyl halides is 3. The van der Waals surface area contributed by atoms with Crippen LogP contribution in [0.3, 0.4) is 0 Å². The number of fused-ring (bicyclic) bond motifs is 1. The van der Waals surface area contributed by atoms with Crippen molar-refractivity contribution in [3.8, 4) is 5.75 Å². The van der Waals surface area contributed by atoms with Crippen LogP contribution in [0.15, 0.2) is 28.8 Å². The minimum Gasteiger partial charge on any atom is -0.496 e. The molecule has 3 heterocycles. The lowest BCUT2D eigenvalue weighted by molar-refractivity contribution is -0.136. The van der Waals surface area contributed by atoms with Gasteiger partial charge in [-0.15, -0.1) is 0 Å².